The number of hydrogen-bond acceptors (Lipinski definition) is 4. The van der Waals surface area contributed by atoms with E-state index in [4.69, 9.17) is 14.6 Å². The van der Waals surface area contributed by atoms with E-state index in [1.54, 1.807) is 0 Å². The zero-order chi connectivity index (χ0) is 25.9. The summed E-state index contributed by atoms with van der Waals surface area (Å²) in [4.78, 5) is 11.6. The van der Waals surface area contributed by atoms with Gasteiger partial charge < -0.3 is 14.6 Å². The number of aliphatic hydroxyl groups is 1. The molecule has 0 saturated heterocycles. The molecule has 0 aliphatic rings. The second-order valence-corrected chi connectivity index (χ2v) is 9.10. The van der Waals surface area contributed by atoms with Crippen molar-refractivity contribution in [3.63, 3.8) is 0 Å². The van der Waals surface area contributed by atoms with Crippen molar-refractivity contribution in [3.05, 3.63) is 89.5 Å². The lowest BCUT2D eigenvalue weighted by atomic mass is 9.92. The van der Waals surface area contributed by atoms with Gasteiger partial charge in [0.2, 0.25) is 0 Å². The van der Waals surface area contributed by atoms with Crippen LogP contribution in [0.4, 0.5) is 0 Å². The van der Waals surface area contributed by atoms with Crippen LogP contribution in [-0.4, -0.2) is 30.9 Å². The Morgan fingerprint density at radius 2 is 1.61 bits per heavy atom. The minimum Gasteiger partial charge on any atom is -0.490 e. The number of esters is 1. The van der Waals surface area contributed by atoms with Crippen molar-refractivity contribution < 1.29 is 19.4 Å². The normalized spacial score (nSPS) is 10.8. The van der Waals surface area contributed by atoms with Gasteiger partial charge in [-0.3, -0.25) is 0 Å². The molecule has 4 nitrogen and oxygen atoms in total. The van der Waals surface area contributed by atoms with Crippen LogP contribution < -0.4 is 4.74 Å². The van der Waals surface area contributed by atoms with Gasteiger partial charge in [-0.2, -0.15) is 0 Å². The van der Waals surface area contributed by atoms with Gasteiger partial charge in [0.15, 0.2) is 0 Å². The quantitative estimate of drug-likeness (QED) is 0.159. The Bertz CT molecular complexity index is 1160. The van der Waals surface area contributed by atoms with Gasteiger partial charge in [0, 0.05) is 0 Å². The second-order valence-electron chi connectivity index (χ2n) is 9.10. The van der Waals surface area contributed by atoms with E-state index in [0.717, 1.165) is 18.6 Å². The van der Waals surface area contributed by atoms with Gasteiger partial charge in [0.25, 0.3) is 0 Å². The summed E-state index contributed by atoms with van der Waals surface area (Å²) in [5.74, 6) is 0.133. The Kier molecular flexibility index (Phi) is 10.3. The molecule has 3 rings (SSSR count). The summed E-state index contributed by atoms with van der Waals surface area (Å²) in [6.07, 6.45) is 5.81. The number of benzene rings is 3. The number of ether oxygens (including phenoxy) is 2. The fourth-order valence-corrected chi connectivity index (χ4v) is 4.26. The van der Waals surface area contributed by atoms with Crippen molar-refractivity contribution in [2.45, 2.75) is 52.9 Å². The van der Waals surface area contributed by atoms with Gasteiger partial charge in [0.05, 0.1) is 12.2 Å². The number of hydrogen-bond donors (Lipinski definition) is 1. The van der Waals surface area contributed by atoms with E-state index in [9.17, 15) is 4.79 Å². The summed E-state index contributed by atoms with van der Waals surface area (Å²) in [6.45, 7) is 9.91. The average Bonchev–Trinajstić information content (AvgIpc) is 2.91. The van der Waals surface area contributed by atoms with Crippen LogP contribution >= 0.6 is 0 Å². The summed E-state index contributed by atoms with van der Waals surface area (Å²) >= 11 is 0. The Balaban J connectivity index is 1.68. The van der Waals surface area contributed by atoms with Gasteiger partial charge in [-0.1, -0.05) is 81.8 Å². The number of unbranched alkanes of at least 4 members (excludes halogenated alkanes) is 2. The fraction of sp³-hybridized carbons (Fsp3) is 0.344. The Labute approximate surface area is 215 Å². The van der Waals surface area contributed by atoms with Crippen LogP contribution in [0.25, 0.3) is 22.3 Å². The number of carbonyl (C=O) groups is 1. The first-order chi connectivity index (χ1) is 17.5. The number of carbonyl (C=O) groups excluding carboxylic acids is 1. The van der Waals surface area contributed by atoms with Crippen LogP contribution in [0.5, 0.6) is 5.75 Å². The molecule has 36 heavy (non-hydrogen) atoms. The molecule has 0 aromatic heterocycles. The van der Waals surface area contributed by atoms with Crippen molar-refractivity contribution in [2.24, 2.45) is 0 Å². The molecule has 0 heterocycles. The van der Waals surface area contributed by atoms with Crippen molar-refractivity contribution in [2.75, 3.05) is 19.8 Å². The third kappa shape index (κ3) is 7.32. The van der Waals surface area contributed by atoms with Crippen LogP contribution in [0, 0.1) is 6.92 Å². The van der Waals surface area contributed by atoms with E-state index < -0.39 is 12.6 Å². The SMILES string of the molecule is C=C(CO)C(=O)OCCOc1ccc(-c2ccc(-c3ccc(CCCCC)cc3)cc2C)c(CC)c1. The van der Waals surface area contributed by atoms with Crippen LogP contribution in [-0.2, 0) is 22.4 Å². The molecule has 0 fully saturated rings. The van der Waals surface area contributed by atoms with Crippen LogP contribution in [0.15, 0.2) is 72.8 Å². The van der Waals surface area contributed by atoms with Crippen LogP contribution in [0.2, 0.25) is 0 Å². The minimum atomic E-state index is -0.604. The number of rotatable bonds is 13. The summed E-state index contributed by atoms with van der Waals surface area (Å²) in [5, 5.41) is 8.92. The molecule has 0 amide bonds. The third-order valence-electron chi connectivity index (χ3n) is 6.40. The highest BCUT2D eigenvalue weighted by Crippen LogP contribution is 2.33. The van der Waals surface area contributed by atoms with Crippen LogP contribution in [0.1, 0.15) is 49.8 Å². The maximum atomic E-state index is 11.6. The first-order valence-electron chi connectivity index (χ1n) is 12.9. The summed E-state index contributed by atoms with van der Waals surface area (Å²) in [5.41, 5.74) is 8.77. The minimum absolute atomic E-state index is 0.0356. The first kappa shape index (κ1) is 27.2. The lowest BCUT2D eigenvalue weighted by Gasteiger charge is -2.15. The number of aliphatic hydroxyl groups excluding tert-OH is 1. The molecule has 0 radical (unpaired) electrons. The Hall–Kier alpha value is -3.37. The van der Waals surface area contributed by atoms with Crippen molar-refractivity contribution in [1.29, 1.82) is 0 Å². The largest absolute Gasteiger partial charge is 0.490 e. The molecule has 3 aromatic carbocycles. The standard InChI is InChI=1S/C32H38O4/c1-5-7-8-9-25-10-12-27(13-11-25)28-14-16-30(23(3)20-28)31-17-15-29(21-26(31)6-2)35-18-19-36-32(34)24(4)22-33/h10-17,20-21,33H,4-9,18-19,22H2,1-3H3. The highest BCUT2D eigenvalue weighted by atomic mass is 16.6. The van der Waals surface area contributed by atoms with E-state index in [2.05, 4.69) is 81.9 Å². The second kappa shape index (κ2) is 13.6. The molecular weight excluding hydrogens is 448 g/mol. The fourth-order valence-electron chi connectivity index (χ4n) is 4.26. The molecule has 0 saturated carbocycles. The first-order valence-corrected chi connectivity index (χ1v) is 12.9. The lowest BCUT2D eigenvalue weighted by Crippen LogP contribution is -2.15. The maximum Gasteiger partial charge on any atom is 0.335 e. The molecule has 1 N–H and O–H groups in total. The molecule has 3 aromatic rings. The van der Waals surface area contributed by atoms with Crippen molar-refractivity contribution in [1.82, 2.24) is 0 Å². The zero-order valence-corrected chi connectivity index (χ0v) is 21.8. The highest BCUT2D eigenvalue weighted by Gasteiger charge is 2.11. The molecule has 0 aliphatic carbocycles. The molecule has 190 valence electrons. The van der Waals surface area contributed by atoms with Gasteiger partial charge >= 0.3 is 5.97 Å². The monoisotopic (exact) mass is 486 g/mol. The zero-order valence-electron chi connectivity index (χ0n) is 21.8. The summed E-state index contributed by atoms with van der Waals surface area (Å²) in [7, 11) is 0. The van der Waals surface area contributed by atoms with E-state index in [1.807, 2.05) is 6.07 Å². The predicted molar refractivity (Wildman–Crippen MR) is 147 cm³/mol. The van der Waals surface area contributed by atoms with E-state index in [-0.39, 0.29) is 18.8 Å². The maximum absolute atomic E-state index is 11.6. The highest BCUT2D eigenvalue weighted by molar-refractivity contribution is 5.87. The summed E-state index contributed by atoms with van der Waals surface area (Å²) < 4.78 is 10.8. The van der Waals surface area contributed by atoms with Crippen LogP contribution in [0.3, 0.4) is 0 Å². The third-order valence-corrected chi connectivity index (χ3v) is 6.40. The van der Waals surface area contributed by atoms with Gasteiger partial charge in [0.1, 0.15) is 19.0 Å². The van der Waals surface area contributed by atoms with Gasteiger partial charge in [-0.15, -0.1) is 0 Å². The lowest BCUT2D eigenvalue weighted by molar-refractivity contribution is -0.140. The molecular formula is C32H38O4. The van der Waals surface area contributed by atoms with E-state index >= 15 is 0 Å². The van der Waals surface area contributed by atoms with Gasteiger partial charge in [-0.25, -0.2) is 4.79 Å². The predicted octanol–water partition coefficient (Wildman–Crippen LogP) is 7.09. The molecule has 4 heteroatoms. The Morgan fingerprint density at radius 1 is 0.889 bits per heavy atom. The van der Waals surface area contributed by atoms with Crippen molar-refractivity contribution in [3.8, 4) is 28.0 Å². The molecule has 0 spiro atoms. The molecule has 0 bridgehead atoms. The Morgan fingerprint density at radius 3 is 2.28 bits per heavy atom. The average molecular weight is 487 g/mol. The molecule has 0 unspecified atom stereocenters. The smallest absolute Gasteiger partial charge is 0.335 e. The molecule has 0 atom stereocenters. The van der Waals surface area contributed by atoms with Crippen molar-refractivity contribution >= 4 is 5.97 Å². The van der Waals surface area contributed by atoms with Gasteiger partial charge in [-0.05, 0) is 77.3 Å². The summed E-state index contributed by atoms with van der Waals surface area (Å²) in [6, 6.07) is 21.8. The number of aryl methyl sites for hydroxylation is 3. The topological polar surface area (TPSA) is 55.8 Å². The van der Waals surface area contributed by atoms with E-state index in [0.29, 0.717) is 0 Å². The van der Waals surface area contributed by atoms with E-state index in [1.165, 1.54) is 58.2 Å². The molecule has 0 aliphatic heterocycles.